The predicted octanol–water partition coefficient (Wildman–Crippen LogP) is 1.41. The highest BCUT2D eigenvalue weighted by atomic mass is 32.1. The topological polar surface area (TPSA) is 26.0 Å². The zero-order valence-corrected chi connectivity index (χ0v) is 5.48. The molecule has 1 rings (SSSR count). The Kier molecular flexibility index (Phi) is 1.58. The zero-order chi connectivity index (χ0) is 5.98. The average Bonchev–Trinajstić information content (AvgIpc) is 2.14. The number of aryl methyl sites for hydroxylation is 1. The molecular formula is C5H7NOS. The van der Waals surface area contributed by atoms with Gasteiger partial charge in [0.15, 0.2) is 0 Å². The van der Waals surface area contributed by atoms with Crippen molar-refractivity contribution in [2.75, 3.05) is 0 Å². The quantitative estimate of drug-likeness (QED) is 0.580. The summed E-state index contributed by atoms with van der Waals surface area (Å²) in [6.45, 7) is 1.87. The van der Waals surface area contributed by atoms with Crippen LogP contribution in [0.1, 0.15) is 11.3 Å². The standard InChI is InChI=1S/C5H7NOS/c1-4-5(3-8)2-6-7-4/h2,8H,3H2,1H3. The highest BCUT2D eigenvalue weighted by Crippen LogP contribution is 2.07. The van der Waals surface area contributed by atoms with Crippen LogP contribution in [0.15, 0.2) is 10.7 Å². The fourth-order valence-corrected chi connectivity index (χ4v) is 0.775. The van der Waals surface area contributed by atoms with Gasteiger partial charge in [0, 0.05) is 11.3 Å². The average molecular weight is 129 g/mol. The molecule has 0 spiro atoms. The van der Waals surface area contributed by atoms with Crippen LogP contribution in [0, 0.1) is 6.92 Å². The summed E-state index contributed by atoms with van der Waals surface area (Å²) >= 11 is 4.05. The van der Waals surface area contributed by atoms with Crippen molar-refractivity contribution in [1.29, 1.82) is 0 Å². The molecule has 0 aliphatic heterocycles. The van der Waals surface area contributed by atoms with Crippen molar-refractivity contribution >= 4 is 12.6 Å². The van der Waals surface area contributed by atoms with Crippen molar-refractivity contribution < 1.29 is 4.52 Å². The van der Waals surface area contributed by atoms with Gasteiger partial charge in [0.05, 0.1) is 6.20 Å². The van der Waals surface area contributed by atoms with Crippen LogP contribution in [-0.2, 0) is 5.75 Å². The normalized spacial score (nSPS) is 9.75. The first-order valence-electron chi connectivity index (χ1n) is 2.35. The van der Waals surface area contributed by atoms with Gasteiger partial charge in [-0.05, 0) is 6.92 Å². The second-order valence-corrected chi connectivity index (χ2v) is 1.88. The molecule has 0 saturated carbocycles. The monoisotopic (exact) mass is 129 g/mol. The summed E-state index contributed by atoms with van der Waals surface area (Å²) in [5, 5.41) is 3.57. The van der Waals surface area contributed by atoms with Crippen LogP contribution in [0.4, 0.5) is 0 Å². The molecule has 0 amide bonds. The minimum atomic E-state index is 0.704. The van der Waals surface area contributed by atoms with E-state index in [0.717, 1.165) is 11.3 Å². The van der Waals surface area contributed by atoms with E-state index in [0.29, 0.717) is 5.75 Å². The molecule has 0 saturated heterocycles. The van der Waals surface area contributed by atoms with Gasteiger partial charge < -0.3 is 4.52 Å². The molecule has 0 aliphatic rings. The number of aromatic nitrogens is 1. The van der Waals surface area contributed by atoms with E-state index in [2.05, 4.69) is 17.8 Å². The maximum atomic E-state index is 4.76. The molecule has 0 atom stereocenters. The van der Waals surface area contributed by atoms with Gasteiger partial charge in [0.25, 0.3) is 0 Å². The molecule has 0 unspecified atom stereocenters. The lowest BCUT2D eigenvalue weighted by Crippen LogP contribution is -1.72. The molecule has 1 heterocycles. The first kappa shape index (κ1) is 5.69. The van der Waals surface area contributed by atoms with Crippen LogP contribution < -0.4 is 0 Å². The van der Waals surface area contributed by atoms with Gasteiger partial charge in [-0.3, -0.25) is 0 Å². The molecule has 0 radical (unpaired) electrons. The summed E-state index contributed by atoms with van der Waals surface area (Å²) in [5.74, 6) is 1.56. The molecule has 44 valence electrons. The van der Waals surface area contributed by atoms with E-state index in [1.807, 2.05) is 6.92 Å². The highest BCUT2D eigenvalue weighted by Gasteiger charge is 1.96. The van der Waals surface area contributed by atoms with Crippen LogP contribution in [-0.4, -0.2) is 5.16 Å². The molecule has 0 aliphatic carbocycles. The Bertz CT molecular complexity index is 173. The van der Waals surface area contributed by atoms with Gasteiger partial charge in [0.2, 0.25) is 0 Å². The SMILES string of the molecule is Cc1oncc1CS. The highest BCUT2D eigenvalue weighted by molar-refractivity contribution is 7.79. The molecular weight excluding hydrogens is 122 g/mol. The van der Waals surface area contributed by atoms with E-state index in [1.165, 1.54) is 0 Å². The Labute approximate surface area is 53.3 Å². The molecule has 0 bridgehead atoms. The van der Waals surface area contributed by atoms with E-state index in [1.54, 1.807) is 6.20 Å². The van der Waals surface area contributed by atoms with Crippen LogP contribution in [0.2, 0.25) is 0 Å². The van der Waals surface area contributed by atoms with Gasteiger partial charge in [-0.2, -0.15) is 12.6 Å². The minimum absolute atomic E-state index is 0.704. The third-order valence-electron chi connectivity index (χ3n) is 1.02. The van der Waals surface area contributed by atoms with E-state index >= 15 is 0 Å². The van der Waals surface area contributed by atoms with Crippen molar-refractivity contribution in [2.45, 2.75) is 12.7 Å². The first-order chi connectivity index (χ1) is 3.84. The second-order valence-electron chi connectivity index (χ2n) is 1.57. The Morgan fingerprint density at radius 1 is 1.88 bits per heavy atom. The predicted molar refractivity (Wildman–Crippen MR) is 33.9 cm³/mol. The van der Waals surface area contributed by atoms with Crippen molar-refractivity contribution in [1.82, 2.24) is 5.16 Å². The number of hydrogen-bond acceptors (Lipinski definition) is 3. The fraction of sp³-hybridized carbons (Fsp3) is 0.400. The number of hydrogen-bond donors (Lipinski definition) is 1. The molecule has 1 aromatic heterocycles. The smallest absolute Gasteiger partial charge is 0.137 e. The van der Waals surface area contributed by atoms with Crippen molar-refractivity contribution in [3.05, 3.63) is 17.5 Å². The van der Waals surface area contributed by atoms with E-state index in [9.17, 15) is 0 Å². The van der Waals surface area contributed by atoms with E-state index in [-0.39, 0.29) is 0 Å². The maximum Gasteiger partial charge on any atom is 0.137 e. The van der Waals surface area contributed by atoms with Crippen LogP contribution in [0.5, 0.6) is 0 Å². The molecule has 1 aromatic rings. The molecule has 0 aromatic carbocycles. The zero-order valence-electron chi connectivity index (χ0n) is 4.59. The number of rotatable bonds is 1. The number of thiol groups is 1. The van der Waals surface area contributed by atoms with Crippen molar-refractivity contribution in [3.63, 3.8) is 0 Å². The summed E-state index contributed by atoms with van der Waals surface area (Å²) in [7, 11) is 0. The van der Waals surface area contributed by atoms with Crippen molar-refractivity contribution in [3.8, 4) is 0 Å². The van der Waals surface area contributed by atoms with Crippen LogP contribution in [0.3, 0.4) is 0 Å². The second kappa shape index (κ2) is 2.22. The van der Waals surface area contributed by atoms with Gasteiger partial charge in [-0.25, -0.2) is 0 Å². The lowest BCUT2D eigenvalue weighted by atomic mass is 10.3. The summed E-state index contributed by atoms with van der Waals surface area (Å²) in [4.78, 5) is 0. The maximum absolute atomic E-state index is 4.76. The largest absolute Gasteiger partial charge is 0.361 e. The molecule has 3 heteroatoms. The molecule has 0 fully saturated rings. The third-order valence-corrected chi connectivity index (χ3v) is 1.36. The Morgan fingerprint density at radius 3 is 2.88 bits per heavy atom. The minimum Gasteiger partial charge on any atom is -0.361 e. The summed E-state index contributed by atoms with van der Waals surface area (Å²) in [5.41, 5.74) is 1.06. The Hall–Kier alpha value is -0.440. The summed E-state index contributed by atoms with van der Waals surface area (Å²) < 4.78 is 4.76. The first-order valence-corrected chi connectivity index (χ1v) is 2.99. The van der Waals surface area contributed by atoms with Gasteiger partial charge >= 0.3 is 0 Å². The van der Waals surface area contributed by atoms with Crippen LogP contribution >= 0.6 is 12.6 Å². The lowest BCUT2D eigenvalue weighted by Gasteiger charge is -1.83. The lowest BCUT2D eigenvalue weighted by molar-refractivity contribution is 0.396. The molecule has 0 N–H and O–H groups in total. The Balaban J connectivity index is 2.92. The summed E-state index contributed by atoms with van der Waals surface area (Å²) in [6.07, 6.45) is 1.68. The van der Waals surface area contributed by atoms with Crippen molar-refractivity contribution in [2.24, 2.45) is 0 Å². The van der Waals surface area contributed by atoms with E-state index in [4.69, 9.17) is 4.52 Å². The Morgan fingerprint density at radius 2 is 2.62 bits per heavy atom. The molecule has 2 nitrogen and oxygen atoms in total. The fourth-order valence-electron chi connectivity index (χ4n) is 0.471. The summed E-state index contributed by atoms with van der Waals surface area (Å²) in [6, 6.07) is 0. The number of nitrogens with zero attached hydrogens (tertiary/aromatic N) is 1. The van der Waals surface area contributed by atoms with E-state index < -0.39 is 0 Å². The van der Waals surface area contributed by atoms with Gasteiger partial charge in [0.1, 0.15) is 5.76 Å². The van der Waals surface area contributed by atoms with Gasteiger partial charge in [-0.1, -0.05) is 5.16 Å². The third kappa shape index (κ3) is 0.865. The van der Waals surface area contributed by atoms with Gasteiger partial charge in [-0.15, -0.1) is 0 Å². The van der Waals surface area contributed by atoms with Crippen LogP contribution in [0.25, 0.3) is 0 Å². The molecule has 8 heavy (non-hydrogen) atoms.